The van der Waals surface area contributed by atoms with Crippen LogP contribution in [0.3, 0.4) is 0 Å². The van der Waals surface area contributed by atoms with E-state index in [1.54, 1.807) is 14.2 Å². The predicted octanol–water partition coefficient (Wildman–Crippen LogP) is 2.70. The highest BCUT2D eigenvalue weighted by molar-refractivity contribution is 4.63. The van der Waals surface area contributed by atoms with Crippen LogP contribution in [0, 0.1) is 0 Å². The van der Waals surface area contributed by atoms with Crippen molar-refractivity contribution in [2.45, 2.75) is 47.1 Å². The third-order valence-corrected chi connectivity index (χ3v) is 1.53. The van der Waals surface area contributed by atoms with Crippen LogP contribution in [0.25, 0.3) is 0 Å². The zero-order valence-corrected chi connectivity index (χ0v) is 11.7. The quantitative estimate of drug-likeness (QED) is 0.717. The molecular weight excluding hydrogens is 190 g/mol. The van der Waals surface area contributed by atoms with Crippen LogP contribution in [0.4, 0.5) is 0 Å². The third kappa shape index (κ3) is 20.1. The molecule has 0 spiro atoms. The van der Waals surface area contributed by atoms with Crippen molar-refractivity contribution in [2.75, 3.05) is 34.0 Å². The third-order valence-electron chi connectivity index (χ3n) is 1.53. The average molecular weight is 221 g/mol. The van der Waals surface area contributed by atoms with E-state index in [-0.39, 0.29) is 0 Å². The van der Waals surface area contributed by atoms with Crippen molar-refractivity contribution in [3.05, 3.63) is 0 Å². The molecule has 0 aromatic rings. The molecule has 1 atom stereocenters. The molecule has 0 bridgehead atoms. The number of likely N-dealkylation sites (N-methyl/N-ethyl adjacent to an activating group) is 1. The molecule has 3 nitrogen and oxygen atoms in total. The molecule has 0 aliphatic heterocycles. The van der Waals surface area contributed by atoms with Gasteiger partial charge in [-0.2, -0.15) is 0 Å². The lowest BCUT2D eigenvalue weighted by Crippen LogP contribution is -2.33. The highest BCUT2D eigenvalue weighted by Gasteiger charge is 2.04. The molecule has 1 N–H and O–H groups in total. The Labute approximate surface area is 96.5 Å². The second-order valence-corrected chi connectivity index (χ2v) is 2.49. The van der Waals surface area contributed by atoms with Gasteiger partial charge in [0.1, 0.15) is 0 Å². The molecule has 0 aromatic carbocycles. The zero-order chi connectivity index (χ0) is 12.5. The number of hydrogen-bond acceptors (Lipinski definition) is 3. The van der Waals surface area contributed by atoms with Crippen molar-refractivity contribution in [2.24, 2.45) is 0 Å². The summed E-state index contributed by atoms with van der Waals surface area (Å²) >= 11 is 0. The van der Waals surface area contributed by atoms with E-state index >= 15 is 0 Å². The van der Waals surface area contributed by atoms with E-state index in [4.69, 9.17) is 9.47 Å². The van der Waals surface area contributed by atoms with E-state index in [0.717, 1.165) is 26.2 Å². The van der Waals surface area contributed by atoms with Crippen LogP contribution in [-0.4, -0.2) is 40.0 Å². The summed E-state index contributed by atoms with van der Waals surface area (Å²) in [5.41, 5.74) is 0. The second-order valence-electron chi connectivity index (χ2n) is 2.49. The predicted molar refractivity (Wildman–Crippen MR) is 68.5 cm³/mol. The molecule has 0 aromatic heterocycles. The maximum atomic E-state index is 5.04. The Balaban J connectivity index is -0.000000318. The van der Waals surface area contributed by atoms with E-state index in [9.17, 15) is 0 Å². The second kappa shape index (κ2) is 23.6. The first-order chi connectivity index (χ1) is 7.35. The summed E-state index contributed by atoms with van der Waals surface area (Å²) in [4.78, 5) is 0. The van der Waals surface area contributed by atoms with Crippen LogP contribution >= 0.6 is 0 Å². The van der Waals surface area contributed by atoms with Gasteiger partial charge in [0.15, 0.2) is 0 Å². The molecule has 15 heavy (non-hydrogen) atoms. The number of nitrogens with one attached hydrogen (secondary N) is 1. The highest BCUT2D eigenvalue weighted by Crippen LogP contribution is 1.92. The van der Waals surface area contributed by atoms with Crippen LogP contribution in [0.5, 0.6) is 0 Å². The van der Waals surface area contributed by atoms with Crippen molar-refractivity contribution in [3.8, 4) is 0 Å². The summed E-state index contributed by atoms with van der Waals surface area (Å²) in [6.07, 6.45) is 1.01. The van der Waals surface area contributed by atoms with Crippen molar-refractivity contribution >= 4 is 0 Å². The lowest BCUT2D eigenvalue weighted by atomic mass is 10.2. The smallest absolute Gasteiger partial charge is 0.0616 e. The molecule has 0 amide bonds. The summed E-state index contributed by atoms with van der Waals surface area (Å²) in [5.74, 6) is 0. The molecule has 0 heterocycles. The average Bonchev–Trinajstić information content (AvgIpc) is 2.32. The molecule has 0 saturated carbocycles. The summed E-state index contributed by atoms with van der Waals surface area (Å²) < 4.78 is 10.0. The Morgan fingerprint density at radius 2 is 1.53 bits per heavy atom. The lowest BCUT2D eigenvalue weighted by molar-refractivity contribution is 0.133. The Hall–Kier alpha value is -0.120. The van der Waals surface area contributed by atoms with E-state index in [1.165, 1.54) is 0 Å². The molecule has 0 rings (SSSR count). The van der Waals surface area contributed by atoms with Crippen molar-refractivity contribution in [1.82, 2.24) is 5.32 Å². The van der Waals surface area contributed by atoms with E-state index < -0.39 is 0 Å². The van der Waals surface area contributed by atoms with Crippen LogP contribution in [0.15, 0.2) is 0 Å². The minimum Gasteiger partial charge on any atom is -0.385 e. The molecule has 1 unspecified atom stereocenters. The zero-order valence-electron chi connectivity index (χ0n) is 11.7. The first kappa shape index (κ1) is 20.3. The first-order valence-electron chi connectivity index (χ1n) is 6.06. The molecule has 3 heteroatoms. The lowest BCUT2D eigenvalue weighted by Gasteiger charge is -2.15. The SMILES string of the molecule is CC.CC.CCNC(CCOC)COC. The monoisotopic (exact) mass is 221 g/mol. The Bertz CT molecular complexity index is 74.0. The minimum absolute atomic E-state index is 0.435. The van der Waals surface area contributed by atoms with Crippen molar-refractivity contribution in [1.29, 1.82) is 0 Å². The largest absolute Gasteiger partial charge is 0.385 e. The van der Waals surface area contributed by atoms with Crippen LogP contribution in [-0.2, 0) is 9.47 Å². The van der Waals surface area contributed by atoms with Gasteiger partial charge in [-0.05, 0) is 13.0 Å². The number of methoxy groups -OCH3 is 2. The summed E-state index contributed by atoms with van der Waals surface area (Å²) in [5, 5.41) is 3.31. The van der Waals surface area contributed by atoms with Gasteiger partial charge in [-0.1, -0.05) is 34.6 Å². The van der Waals surface area contributed by atoms with Crippen LogP contribution in [0.2, 0.25) is 0 Å². The van der Waals surface area contributed by atoms with Gasteiger partial charge < -0.3 is 14.8 Å². The van der Waals surface area contributed by atoms with Crippen molar-refractivity contribution in [3.63, 3.8) is 0 Å². The fourth-order valence-corrected chi connectivity index (χ4v) is 0.994. The highest BCUT2D eigenvalue weighted by atomic mass is 16.5. The van der Waals surface area contributed by atoms with Gasteiger partial charge in [0.25, 0.3) is 0 Å². The van der Waals surface area contributed by atoms with Gasteiger partial charge in [0, 0.05) is 26.9 Å². The molecule has 0 aliphatic carbocycles. The Morgan fingerprint density at radius 1 is 1.00 bits per heavy atom. The minimum atomic E-state index is 0.435. The maximum absolute atomic E-state index is 5.04. The topological polar surface area (TPSA) is 30.5 Å². The van der Waals surface area contributed by atoms with Gasteiger partial charge in [-0.25, -0.2) is 0 Å². The van der Waals surface area contributed by atoms with Gasteiger partial charge in [-0.3, -0.25) is 0 Å². The number of rotatable bonds is 7. The molecule has 0 aliphatic rings. The van der Waals surface area contributed by atoms with Gasteiger partial charge >= 0.3 is 0 Å². The summed E-state index contributed by atoms with van der Waals surface area (Å²) in [6.45, 7) is 12.6. The normalized spacial score (nSPS) is 10.6. The number of hydrogen-bond donors (Lipinski definition) is 1. The van der Waals surface area contributed by atoms with Crippen molar-refractivity contribution < 1.29 is 9.47 Å². The summed E-state index contributed by atoms with van der Waals surface area (Å²) in [7, 11) is 3.44. The molecule has 0 saturated heterocycles. The van der Waals surface area contributed by atoms with E-state index in [0.29, 0.717) is 6.04 Å². The Morgan fingerprint density at radius 3 is 1.87 bits per heavy atom. The fraction of sp³-hybridized carbons (Fsp3) is 1.00. The molecular formula is C12H31NO2. The van der Waals surface area contributed by atoms with E-state index in [1.807, 2.05) is 27.7 Å². The Kier molecular flexibility index (Phi) is 31.9. The first-order valence-corrected chi connectivity index (χ1v) is 6.06. The van der Waals surface area contributed by atoms with Gasteiger partial charge in [0.2, 0.25) is 0 Å². The molecule has 0 fully saturated rings. The van der Waals surface area contributed by atoms with E-state index in [2.05, 4.69) is 12.2 Å². The summed E-state index contributed by atoms with van der Waals surface area (Å²) in [6, 6.07) is 0.435. The molecule has 0 radical (unpaired) electrons. The maximum Gasteiger partial charge on any atom is 0.0616 e. The number of ether oxygens (including phenoxy) is 2. The standard InChI is InChI=1S/C8H19NO2.2C2H6/c1-4-9-8(7-11-3)5-6-10-2;2*1-2/h8-9H,4-7H2,1-3H3;2*1-2H3. The van der Waals surface area contributed by atoms with Gasteiger partial charge in [-0.15, -0.1) is 0 Å². The molecule has 96 valence electrons. The van der Waals surface area contributed by atoms with Crippen LogP contribution < -0.4 is 5.32 Å². The van der Waals surface area contributed by atoms with Crippen LogP contribution in [0.1, 0.15) is 41.0 Å². The fourth-order valence-electron chi connectivity index (χ4n) is 0.994. The van der Waals surface area contributed by atoms with Gasteiger partial charge in [0.05, 0.1) is 6.61 Å².